The molecule has 1 aliphatic rings. The third-order valence-electron chi connectivity index (χ3n) is 5.23. The van der Waals surface area contributed by atoms with Gasteiger partial charge in [0.2, 0.25) is 0 Å². The van der Waals surface area contributed by atoms with Gasteiger partial charge in [0.25, 0.3) is 5.91 Å². The Labute approximate surface area is 173 Å². The Bertz CT molecular complexity index is 1030. The lowest BCUT2D eigenvalue weighted by Gasteiger charge is -2.33. The Hall–Kier alpha value is -2.93. The first-order valence-corrected chi connectivity index (χ1v) is 10.1. The van der Waals surface area contributed by atoms with Gasteiger partial charge in [0, 0.05) is 25.7 Å². The van der Waals surface area contributed by atoms with Crippen LogP contribution in [0, 0.1) is 5.92 Å². The summed E-state index contributed by atoms with van der Waals surface area (Å²) in [6, 6.07) is 8.78. The largest absolute Gasteiger partial charge is 0.356 e. The molecule has 0 spiro atoms. The lowest BCUT2D eigenvalue weighted by molar-refractivity contribution is -0.119. The van der Waals surface area contributed by atoms with Crippen molar-refractivity contribution in [2.75, 3.05) is 24.5 Å². The van der Waals surface area contributed by atoms with Gasteiger partial charge in [-0.2, -0.15) is 0 Å². The highest BCUT2D eigenvalue weighted by Crippen LogP contribution is 2.28. The van der Waals surface area contributed by atoms with Gasteiger partial charge in [-0.1, -0.05) is 23.7 Å². The number of ketones is 1. The molecule has 150 valence electrons. The molecular formula is C21H22ClN5O2. The number of carbonyl (C=O) groups is 2. The molecule has 1 amide bonds. The number of nitrogens with zero attached hydrogens (tertiary/aromatic N) is 3. The molecule has 1 atom stereocenters. The molecular weight excluding hydrogens is 390 g/mol. The molecule has 1 aliphatic heterocycles. The van der Waals surface area contributed by atoms with Crippen LogP contribution in [0.4, 0.5) is 5.82 Å². The minimum Gasteiger partial charge on any atom is -0.356 e. The highest BCUT2D eigenvalue weighted by molar-refractivity contribution is 6.33. The fourth-order valence-corrected chi connectivity index (χ4v) is 4.07. The first-order valence-electron chi connectivity index (χ1n) is 9.69. The summed E-state index contributed by atoms with van der Waals surface area (Å²) in [5.41, 5.74) is 1.19. The van der Waals surface area contributed by atoms with Gasteiger partial charge >= 0.3 is 0 Å². The molecule has 8 heteroatoms. The molecule has 1 aromatic carbocycles. The maximum absolute atomic E-state index is 12.4. The van der Waals surface area contributed by atoms with Crippen LogP contribution in [0.2, 0.25) is 5.02 Å². The van der Waals surface area contributed by atoms with Gasteiger partial charge in [-0.3, -0.25) is 9.59 Å². The number of amides is 1. The van der Waals surface area contributed by atoms with Gasteiger partial charge < -0.3 is 15.2 Å². The maximum atomic E-state index is 12.4. The van der Waals surface area contributed by atoms with Gasteiger partial charge in [-0.15, -0.1) is 0 Å². The molecule has 3 aromatic rings. The zero-order valence-electron chi connectivity index (χ0n) is 15.9. The first-order chi connectivity index (χ1) is 14.1. The van der Waals surface area contributed by atoms with Crippen LogP contribution in [-0.4, -0.2) is 46.3 Å². The van der Waals surface area contributed by atoms with Crippen molar-refractivity contribution in [2.45, 2.75) is 19.3 Å². The van der Waals surface area contributed by atoms with Gasteiger partial charge in [-0.05, 0) is 37.0 Å². The molecule has 1 unspecified atom stereocenters. The number of Topliss-reactive ketones (excluding diaryl/α,β-unsaturated/α-hetero) is 1. The third kappa shape index (κ3) is 4.40. The molecule has 0 saturated carbocycles. The summed E-state index contributed by atoms with van der Waals surface area (Å²) in [6.45, 7) is 1.68. The Kier molecular flexibility index (Phi) is 5.76. The average molecular weight is 412 g/mol. The summed E-state index contributed by atoms with van der Waals surface area (Å²) in [5, 5.41) is 4.05. The highest BCUT2D eigenvalue weighted by atomic mass is 35.5. The van der Waals surface area contributed by atoms with Crippen LogP contribution in [0.3, 0.4) is 0 Å². The number of aromatic nitrogens is 3. The molecule has 0 radical (unpaired) electrons. The number of rotatable bonds is 6. The van der Waals surface area contributed by atoms with E-state index in [1.165, 1.54) is 0 Å². The molecule has 0 aliphatic carbocycles. The molecule has 1 saturated heterocycles. The number of hydrogen-bond acceptors (Lipinski definition) is 5. The lowest BCUT2D eigenvalue weighted by Crippen LogP contribution is -2.38. The van der Waals surface area contributed by atoms with Gasteiger partial charge in [0.1, 0.15) is 17.8 Å². The van der Waals surface area contributed by atoms with Crippen LogP contribution < -0.4 is 10.2 Å². The predicted molar refractivity (Wildman–Crippen MR) is 112 cm³/mol. The van der Waals surface area contributed by atoms with Crippen LogP contribution in [-0.2, 0) is 4.79 Å². The van der Waals surface area contributed by atoms with Crippen LogP contribution >= 0.6 is 11.6 Å². The number of piperidine rings is 1. The average Bonchev–Trinajstić information content (AvgIpc) is 3.21. The summed E-state index contributed by atoms with van der Waals surface area (Å²) >= 11 is 6.03. The highest BCUT2D eigenvalue weighted by Gasteiger charge is 2.24. The van der Waals surface area contributed by atoms with Gasteiger partial charge in [-0.25, -0.2) is 9.97 Å². The van der Waals surface area contributed by atoms with E-state index in [2.05, 4.69) is 25.2 Å². The van der Waals surface area contributed by atoms with Crippen molar-refractivity contribution in [3.63, 3.8) is 0 Å². The number of hydrogen-bond donors (Lipinski definition) is 2. The number of fused-ring (bicyclic) bond motifs is 1. The molecule has 0 bridgehead atoms. The molecule has 29 heavy (non-hydrogen) atoms. The Morgan fingerprint density at radius 3 is 2.97 bits per heavy atom. The number of aromatic amines is 1. The number of H-pyrrole nitrogens is 1. The van der Waals surface area contributed by atoms with E-state index in [9.17, 15) is 9.59 Å². The van der Waals surface area contributed by atoms with E-state index in [1.807, 2.05) is 12.3 Å². The second kappa shape index (κ2) is 8.61. The number of halogens is 1. The quantitative estimate of drug-likeness (QED) is 0.649. The van der Waals surface area contributed by atoms with Crippen molar-refractivity contribution in [1.82, 2.24) is 20.3 Å². The molecule has 1 fully saturated rings. The monoisotopic (exact) mass is 411 g/mol. The van der Waals surface area contributed by atoms with Crippen molar-refractivity contribution in [1.29, 1.82) is 0 Å². The summed E-state index contributed by atoms with van der Waals surface area (Å²) in [6.07, 6.45) is 5.84. The zero-order chi connectivity index (χ0) is 20.2. The molecule has 7 nitrogen and oxygen atoms in total. The summed E-state index contributed by atoms with van der Waals surface area (Å²) in [4.78, 5) is 38.7. The van der Waals surface area contributed by atoms with E-state index in [-0.39, 0.29) is 24.2 Å². The second-order valence-electron chi connectivity index (χ2n) is 7.30. The van der Waals surface area contributed by atoms with Crippen LogP contribution in [0.25, 0.3) is 11.0 Å². The Morgan fingerprint density at radius 2 is 2.10 bits per heavy atom. The van der Waals surface area contributed by atoms with E-state index in [1.54, 1.807) is 30.6 Å². The standard InChI is InChI=1S/C21H22ClN5O2/c22-18-6-2-1-5-16(18)21(29)24-11-15(28)10-14-4-3-9-27(12-14)20-17-7-8-23-19(17)25-13-26-20/h1-2,5-8,13-14H,3-4,9-12H2,(H,24,29)(H,23,25,26). The lowest BCUT2D eigenvalue weighted by atomic mass is 9.92. The van der Waals surface area contributed by atoms with E-state index >= 15 is 0 Å². The minimum atomic E-state index is -0.329. The van der Waals surface area contributed by atoms with E-state index in [0.717, 1.165) is 42.8 Å². The summed E-state index contributed by atoms with van der Waals surface area (Å²) < 4.78 is 0. The zero-order valence-corrected chi connectivity index (χ0v) is 16.7. The summed E-state index contributed by atoms with van der Waals surface area (Å²) in [5.74, 6) is 0.828. The number of nitrogens with one attached hydrogen (secondary N) is 2. The normalized spacial score (nSPS) is 16.7. The summed E-state index contributed by atoms with van der Waals surface area (Å²) in [7, 11) is 0. The van der Waals surface area contributed by atoms with Crippen molar-refractivity contribution >= 4 is 40.1 Å². The van der Waals surface area contributed by atoms with Crippen molar-refractivity contribution in [3.8, 4) is 0 Å². The third-order valence-corrected chi connectivity index (χ3v) is 5.56. The molecule has 2 aromatic heterocycles. The van der Waals surface area contributed by atoms with E-state index in [4.69, 9.17) is 11.6 Å². The van der Waals surface area contributed by atoms with Crippen LogP contribution in [0.1, 0.15) is 29.6 Å². The Balaban J connectivity index is 1.33. The van der Waals surface area contributed by atoms with Crippen molar-refractivity contribution in [2.24, 2.45) is 5.92 Å². The smallest absolute Gasteiger partial charge is 0.253 e. The fraction of sp³-hybridized carbons (Fsp3) is 0.333. The molecule has 4 rings (SSSR count). The van der Waals surface area contributed by atoms with E-state index < -0.39 is 0 Å². The predicted octanol–water partition coefficient (Wildman–Crippen LogP) is 3.22. The number of carbonyl (C=O) groups excluding carboxylic acids is 2. The van der Waals surface area contributed by atoms with Crippen LogP contribution in [0.5, 0.6) is 0 Å². The topological polar surface area (TPSA) is 91.0 Å². The molecule has 2 N–H and O–H groups in total. The number of anilines is 1. The van der Waals surface area contributed by atoms with Gasteiger partial charge in [0.15, 0.2) is 5.78 Å². The van der Waals surface area contributed by atoms with Gasteiger partial charge in [0.05, 0.1) is 22.5 Å². The number of benzene rings is 1. The second-order valence-corrected chi connectivity index (χ2v) is 7.70. The SMILES string of the molecule is O=C(CNC(=O)c1ccccc1Cl)CC1CCCN(c2ncnc3[nH]ccc23)C1. The van der Waals surface area contributed by atoms with Crippen molar-refractivity contribution in [3.05, 3.63) is 53.4 Å². The van der Waals surface area contributed by atoms with Crippen molar-refractivity contribution < 1.29 is 9.59 Å². The fourth-order valence-electron chi connectivity index (χ4n) is 3.85. The van der Waals surface area contributed by atoms with Crippen LogP contribution in [0.15, 0.2) is 42.9 Å². The van der Waals surface area contributed by atoms with E-state index in [0.29, 0.717) is 17.0 Å². The molecule has 3 heterocycles. The maximum Gasteiger partial charge on any atom is 0.253 e. The first kappa shape index (κ1) is 19.4. The Morgan fingerprint density at radius 1 is 1.24 bits per heavy atom. The minimum absolute atomic E-state index is 0.0100.